The van der Waals surface area contributed by atoms with E-state index in [0.29, 0.717) is 12.1 Å². The fourth-order valence-electron chi connectivity index (χ4n) is 1.82. The molecule has 1 aliphatic rings. The van der Waals surface area contributed by atoms with Gasteiger partial charge < -0.3 is 10.4 Å². The van der Waals surface area contributed by atoms with E-state index < -0.39 is 0 Å². The lowest BCUT2D eigenvalue weighted by Gasteiger charge is -2.06. The smallest absolute Gasteiger partial charge is 0.146 e. The monoisotopic (exact) mass is 181 g/mol. The van der Waals surface area contributed by atoms with Crippen LogP contribution in [0.25, 0.3) is 0 Å². The molecule has 70 valence electrons. The van der Waals surface area contributed by atoms with E-state index in [0.717, 1.165) is 12.1 Å². The topological polar surface area (TPSA) is 32.3 Å². The second kappa shape index (κ2) is 3.34. The minimum Gasteiger partial charge on any atom is -0.396 e. The summed E-state index contributed by atoms with van der Waals surface area (Å²) in [7, 11) is 0. The van der Waals surface area contributed by atoms with Crippen LogP contribution in [0.5, 0.6) is 0 Å². The summed E-state index contributed by atoms with van der Waals surface area (Å²) in [5.41, 5.74) is 1.61. The van der Waals surface area contributed by atoms with Gasteiger partial charge in [-0.3, -0.25) is 0 Å². The predicted octanol–water partition coefficient (Wildman–Crippen LogP) is 1.72. The summed E-state index contributed by atoms with van der Waals surface area (Å²) in [6, 6.07) is 5.08. The molecular formula is C10H12FNO. The maximum atomic E-state index is 13.2. The zero-order valence-corrected chi connectivity index (χ0v) is 7.26. The van der Waals surface area contributed by atoms with Gasteiger partial charge in [0.05, 0.1) is 5.69 Å². The molecule has 1 unspecified atom stereocenters. The molecule has 3 heteroatoms. The van der Waals surface area contributed by atoms with E-state index in [-0.39, 0.29) is 18.3 Å². The number of para-hydroxylation sites is 1. The number of hydrogen-bond acceptors (Lipinski definition) is 2. The lowest BCUT2D eigenvalue weighted by Crippen LogP contribution is -2.03. The second-order valence-electron chi connectivity index (χ2n) is 3.29. The molecule has 0 bridgehead atoms. The van der Waals surface area contributed by atoms with E-state index in [1.165, 1.54) is 6.07 Å². The maximum absolute atomic E-state index is 13.2. The normalized spacial score (nSPS) is 19.7. The average molecular weight is 181 g/mol. The molecule has 1 atom stereocenters. The van der Waals surface area contributed by atoms with Crippen LogP contribution in [0.1, 0.15) is 17.9 Å². The Morgan fingerprint density at radius 2 is 2.38 bits per heavy atom. The number of anilines is 1. The molecule has 2 rings (SSSR count). The highest BCUT2D eigenvalue weighted by Gasteiger charge is 2.23. The third-order valence-electron chi connectivity index (χ3n) is 2.49. The molecule has 2 N–H and O–H groups in total. The predicted molar refractivity (Wildman–Crippen MR) is 49.3 cm³/mol. The Morgan fingerprint density at radius 1 is 1.54 bits per heavy atom. The average Bonchev–Trinajstić information content (AvgIpc) is 2.51. The molecule has 0 saturated heterocycles. The van der Waals surface area contributed by atoms with Gasteiger partial charge in [-0.15, -0.1) is 0 Å². The number of benzene rings is 1. The highest BCUT2D eigenvalue weighted by atomic mass is 19.1. The Labute approximate surface area is 76.4 Å². The highest BCUT2D eigenvalue weighted by Crippen LogP contribution is 2.34. The van der Waals surface area contributed by atoms with Crippen LogP contribution < -0.4 is 5.32 Å². The van der Waals surface area contributed by atoms with E-state index >= 15 is 0 Å². The molecule has 1 aliphatic heterocycles. The summed E-state index contributed by atoms with van der Waals surface area (Å²) >= 11 is 0. The Morgan fingerprint density at radius 3 is 3.15 bits per heavy atom. The first kappa shape index (κ1) is 8.51. The van der Waals surface area contributed by atoms with Gasteiger partial charge in [0.25, 0.3) is 0 Å². The van der Waals surface area contributed by atoms with E-state index in [1.54, 1.807) is 6.07 Å². The van der Waals surface area contributed by atoms with Crippen molar-refractivity contribution in [2.45, 2.75) is 12.3 Å². The highest BCUT2D eigenvalue weighted by molar-refractivity contribution is 5.58. The summed E-state index contributed by atoms with van der Waals surface area (Å²) in [4.78, 5) is 0. The Bertz CT molecular complexity index is 314. The minimum atomic E-state index is -0.196. The fraction of sp³-hybridized carbons (Fsp3) is 0.400. The number of halogens is 1. The fourth-order valence-corrected chi connectivity index (χ4v) is 1.82. The van der Waals surface area contributed by atoms with Gasteiger partial charge in [0.1, 0.15) is 5.82 Å². The van der Waals surface area contributed by atoms with Crippen molar-refractivity contribution in [3.8, 4) is 0 Å². The van der Waals surface area contributed by atoms with Gasteiger partial charge in [-0.1, -0.05) is 12.1 Å². The van der Waals surface area contributed by atoms with Crippen molar-refractivity contribution in [2.24, 2.45) is 0 Å². The number of aliphatic hydroxyl groups excluding tert-OH is 1. The zero-order chi connectivity index (χ0) is 9.26. The summed E-state index contributed by atoms with van der Waals surface area (Å²) in [6.07, 6.45) is 0.698. The number of fused-ring (bicyclic) bond motifs is 1. The van der Waals surface area contributed by atoms with E-state index in [4.69, 9.17) is 5.11 Å². The molecule has 2 nitrogen and oxygen atoms in total. The molecular weight excluding hydrogens is 169 g/mol. The quantitative estimate of drug-likeness (QED) is 0.728. The first-order valence-electron chi connectivity index (χ1n) is 4.46. The third-order valence-corrected chi connectivity index (χ3v) is 2.49. The Kier molecular flexibility index (Phi) is 2.19. The van der Waals surface area contributed by atoms with Gasteiger partial charge in [-0.25, -0.2) is 4.39 Å². The second-order valence-corrected chi connectivity index (χ2v) is 3.29. The minimum absolute atomic E-state index is 0.155. The first-order chi connectivity index (χ1) is 6.33. The summed E-state index contributed by atoms with van der Waals surface area (Å²) in [6.45, 7) is 0.888. The molecule has 13 heavy (non-hydrogen) atoms. The van der Waals surface area contributed by atoms with Gasteiger partial charge in [-0.2, -0.15) is 0 Å². The molecule has 0 amide bonds. The van der Waals surface area contributed by atoms with Crippen molar-refractivity contribution >= 4 is 5.69 Å². The van der Waals surface area contributed by atoms with Crippen LogP contribution in [0.4, 0.5) is 10.1 Å². The molecule has 1 heterocycles. The van der Waals surface area contributed by atoms with Crippen molar-refractivity contribution in [2.75, 3.05) is 18.5 Å². The first-order valence-corrected chi connectivity index (χ1v) is 4.46. The van der Waals surface area contributed by atoms with E-state index in [9.17, 15) is 4.39 Å². The molecule has 0 spiro atoms. The van der Waals surface area contributed by atoms with Crippen molar-refractivity contribution < 1.29 is 9.50 Å². The SMILES string of the molecule is OCCC1CNc2c(F)cccc21. The van der Waals surface area contributed by atoms with Crippen LogP contribution in [-0.4, -0.2) is 18.3 Å². The lowest BCUT2D eigenvalue weighted by atomic mass is 9.98. The van der Waals surface area contributed by atoms with Gasteiger partial charge in [0, 0.05) is 19.1 Å². The Balaban J connectivity index is 2.32. The zero-order valence-electron chi connectivity index (χ0n) is 7.26. The van der Waals surface area contributed by atoms with Gasteiger partial charge in [-0.05, 0) is 18.1 Å². The van der Waals surface area contributed by atoms with Crippen LogP contribution in [0, 0.1) is 5.82 Å². The standard InChI is InChI=1S/C10H12FNO/c11-9-3-1-2-8-7(4-5-13)6-12-10(8)9/h1-3,7,12-13H,4-6H2. The largest absolute Gasteiger partial charge is 0.396 e. The van der Waals surface area contributed by atoms with Crippen LogP contribution in [0.15, 0.2) is 18.2 Å². The molecule has 0 fully saturated rings. The van der Waals surface area contributed by atoms with Gasteiger partial charge in [0.2, 0.25) is 0 Å². The molecule has 0 radical (unpaired) electrons. The maximum Gasteiger partial charge on any atom is 0.146 e. The van der Waals surface area contributed by atoms with E-state index in [1.807, 2.05) is 6.07 Å². The number of aliphatic hydroxyl groups is 1. The third kappa shape index (κ3) is 1.40. The van der Waals surface area contributed by atoms with Crippen molar-refractivity contribution in [3.05, 3.63) is 29.6 Å². The van der Waals surface area contributed by atoms with Gasteiger partial charge in [0.15, 0.2) is 0 Å². The van der Waals surface area contributed by atoms with Crippen LogP contribution in [0.2, 0.25) is 0 Å². The molecule has 0 aromatic heterocycles. The summed E-state index contributed by atoms with van der Waals surface area (Å²) < 4.78 is 13.2. The van der Waals surface area contributed by atoms with Crippen molar-refractivity contribution in [1.29, 1.82) is 0 Å². The van der Waals surface area contributed by atoms with Crippen LogP contribution >= 0.6 is 0 Å². The van der Waals surface area contributed by atoms with Gasteiger partial charge >= 0.3 is 0 Å². The van der Waals surface area contributed by atoms with Crippen LogP contribution in [-0.2, 0) is 0 Å². The van der Waals surface area contributed by atoms with Crippen LogP contribution in [0.3, 0.4) is 0 Å². The molecule has 0 aliphatic carbocycles. The number of nitrogens with one attached hydrogen (secondary N) is 1. The lowest BCUT2D eigenvalue weighted by molar-refractivity contribution is 0.278. The van der Waals surface area contributed by atoms with E-state index in [2.05, 4.69) is 5.32 Å². The number of hydrogen-bond donors (Lipinski definition) is 2. The molecule has 1 aromatic carbocycles. The number of rotatable bonds is 2. The molecule has 0 saturated carbocycles. The van der Waals surface area contributed by atoms with Crippen molar-refractivity contribution in [1.82, 2.24) is 0 Å². The summed E-state index contributed by atoms with van der Waals surface area (Å²) in [5, 5.41) is 11.8. The Hall–Kier alpha value is -1.09. The summed E-state index contributed by atoms with van der Waals surface area (Å²) in [5.74, 6) is 0.0636. The molecule has 1 aromatic rings. The van der Waals surface area contributed by atoms with Crippen molar-refractivity contribution in [3.63, 3.8) is 0 Å².